The maximum absolute atomic E-state index is 12.5. The number of nitrogens with one attached hydrogen (secondary N) is 3. The predicted molar refractivity (Wildman–Crippen MR) is 123 cm³/mol. The van der Waals surface area contributed by atoms with Crippen molar-refractivity contribution in [3.63, 3.8) is 0 Å². The van der Waals surface area contributed by atoms with Gasteiger partial charge in [0.05, 0.1) is 10.6 Å². The minimum Gasteiger partial charge on any atom is -0.299 e. The number of aryl methyl sites for hydroxylation is 1. The summed E-state index contributed by atoms with van der Waals surface area (Å²) in [5.74, 6) is -0.0469. The van der Waals surface area contributed by atoms with Gasteiger partial charge in [-0.3, -0.25) is 30.1 Å². The predicted octanol–water partition coefficient (Wildman–Crippen LogP) is 3.95. The van der Waals surface area contributed by atoms with E-state index in [1.807, 2.05) is 47.8 Å². The Morgan fingerprint density at radius 1 is 1.16 bits per heavy atom. The fourth-order valence-corrected chi connectivity index (χ4v) is 4.80. The first kappa shape index (κ1) is 21.1. The molecule has 3 aromatic heterocycles. The van der Waals surface area contributed by atoms with Crippen molar-refractivity contribution in [2.75, 3.05) is 0 Å². The van der Waals surface area contributed by atoms with Gasteiger partial charge in [0, 0.05) is 18.5 Å². The lowest BCUT2D eigenvalue weighted by Crippen LogP contribution is -2.41. The number of hydrogen-bond acceptors (Lipinski definition) is 7. The van der Waals surface area contributed by atoms with Crippen molar-refractivity contribution in [2.45, 2.75) is 19.9 Å². The second kappa shape index (κ2) is 9.33. The highest BCUT2D eigenvalue weighted by Crippen LogP contribution is 2.27. The molecule has 0 saturated heterocycles. The molecule has 11 heteroatoms. The number of aromatic amines is 1. The molecule has 3 heterocycles. The molecule has 8 nitrogen and oxygen atoms in total. The fourth-order valence-electron chi connectivity index (χ4n) is 2.89. The normalized spacial score (nSPS) is 10.7. The molecule has 0 aliphatic heterocycles. The van der Waals surface area contributed by atoms with Crippen molar-refractivity contribution in [3.05, 3.63) is 63.2 Å². The summed E-state index contributed by atoms with van der Waals surface area (Å²) in [5.41, 5.74) is 6.48. The fraction of sp³-hybridized carbons (Fsp3) is 0.150. The van der Waals surface area contributed by atoms with Gasteiger partial charge in [0.1, 0.15) is 9.88 Å². The Kier molecular flexibility index (Phi) is 6.35. The third kappa shape index (κ3) is 4.79. The molecule has 158 valence electrons. The van der Waals surface area contributed by atoms with Crippen molar-refractivity contribution >= 4 is 46.7 Å². The number of hydrogen-bond donors (Lipinski definition) is 3. The van der Waals surface area contributed by atoms with Gasteiger partial charge in [0.2, 0.25) is 5.91 Å². The monoisotopic (exact) mass is 470 g/mol. The van der Waals surface area contributed by atoms with Gasteiger partial charge in [0.25, 0.3) is 5.91 Å². The van der Waals surface area contributed by atoms with Crippen molar-refractivity contribution in [3.8, 4) is 21.3 Å². The maximum Gasteiger partial charge on any atom is 0.281 e. The molecule has 0 aliphatic rings. The number of rotatable bonds is 6. The van der Waals surface area contributed by atoms with Gasteiger partial charge < -0.3 is 0 Å². The van der Waals surface area contributed by atoms with Gasteiger partial charge in [-0.05, 0) is 30.6 Å². The average Bonchev–Trinajstić information content (AvgIpc) is 3.51. The van der Waals surface area contributed by atoms with Gasteiger partial charge in [-0.15, -0.1) is 22.7 Å². The molecule has 0 spiro atoms. The van der Waals surface area contributed by atoms with Crippen LogP contribution in [0.25, 0.3) is 21.3 Å². The SMILES string of the molecule is Cc1nc(-c2ccccc2)sc1C(=O)NNC(=O)CCn1c(-c2cccs2)n[nH]c1=S. The van der Waals surface area contributed by atoms with E-state index in [9.17, 15) is 9.59 Å². The van der Waals surface area contributed by atoms with Crippen LogP contribution in [0.4, 0.5) is 0 Å². The van der Waals surface area contributed by atoms with E-state index in [-0.39, 0.29) is 12.3 Å². The molecule has 0 aliphatic carbocycles. The van der Waals surface area contributed by atoms with Crippen LogP contribution in [0.2, 0.25) is 0 Å². The molecule has 0 atom stereocenters. The van der Waals surface area contributed by atoms with Gasteiger partial charge in [-0.25, -0.2) is 4.98 Å². The van der Waals surface area contributed by atoms with E-state index in [1.165, 1.54) is 22.7 Å². The van der Waals surface area contributed by atoms with Crippen LogP contribution >= 0.6 is 34.9 Å². The van der Waals surface area contributed by atoms with Gasteiger partial charge >= 0.3 is 0 Å². The highest BCUT2D eigenvalue weighted by Gasteiger charge is 2.17. The first-order valence-corrected chi connectivity index (χ1v) is 11.4. The first-order valence-electron chi connectivity index (χ1n) is 9.34. The summed E-state index contributed by atoms with van der Waals surface area (Å²) in [5, 5.41) is 9.70. The lowest BCUT2D eigenvalue weighted by atomic mass is 10.2. The highest BCUT2D eigenvalue weighted by atomic mass is 32.1. The Hall–Kier alpha value is -3.15. The highest BCUT2D eigenvalue weighted by molar-refractivity contribution is 7.71. The number of H-pyrrole nitrogens is 1. The van der Waals surface area contributed by atoms with E-state index in [4.69, 9.17) is 12.2 Å². The van der Waals surface area contributed by atoms with Crippen LogP contribution in [0.5, 0.6) is 0 Å². The molecule has 0 bridgehead atoms. The average molecular weight is 471 g/mol. The molecule has 0 saturated carbocycles. The second-order valence-corrected chi connectivity index (χ2v) is 8.87. The number of benzene rings is 1. The largest absolute Gasteiger partial charge is 0.299 e. The molecule has 0 unspecified atom stereocenters. The summed E-state index contributed by atoms with van der Waals surface area (Å²) in [6.45, 7) is 2.11. The number of hydrazine groups is 1. The van der Waals surface area contributed by atoms with E-state index in [0.29, 0.717) is 27.7 Å². The quantitative estimate of drug-likeness (QED) is 0.292. The second-order valence-electron chi connectivity index (χ2n) is 6.53. The third-order valence-corrected chi connectivity index (χ3v) is 6.78. The zero-order valence-corrected chi connectivity index (χ0v) is 18.9. The van der Waals surface area contributed by atoms with E-state index < -0.39 is 5.91 Å². The molecule has 3 N–H and O–H groups in total. The van der Waals surface area contributed by atoms with E-state index in [1.54, 1.807) is 11.5 Å². The van der Waals surface area contributed by atoms with Crippen LogP contribution < -0.4 is 10.9 Å². The number of carbonyl (C=O) groups is 2. The molecule has 4 rings (SSSR count). The summed E-state index contributed by atoms with van der Waals surface area (Å²) in [7, 11) is 0. The molecule has 31 heavy (non-hydrogen) atoms. The van der Waals surface area contributed by atoms with E-state index in [2.05, 4.69) is 26.0 Å². The number of aromatic nitrogens is 4. The summed E-state index contributed by atoms with van der Waals surface area (Å²) in [6, 6.07) is 13.5. The summed E-state index contributed by atoms with van der Waals surface area (Å²) >= 11 is 8.09. The van der Waals surface area contributed by atoms with E-state index >= 15 is 0 Å². The molecule has 4 aromatic rings. The Morgan fingerprint density at radius 3 is 2.71 bits per heavy atom. The smallest absolute Gasteiger partial charge is 0.281 e. The summed E-state index contributed by atoms with van der Waals surface area (Å²) in [6.07, 6.45) is 0.128. The van der Waals surface area contributed by atoms with Crippen LogP contribution in [0.15, 0.2) is 47.8 Å². The number of amides is 2. The molecule has 0 radical (unpaired) electrons. The van der Waals surface area contributed by atoms with Crippen LogP contribution in [-0.4, -0.2) is 31.6 Å². The lowest BCUT2D eigenvalue weighted by Gasteiger charge is -2.08. The zero-order chi connectivity index (χ0) is 21.8. The van der Waals surface area contributed by atoms with Crippen molar-refractivity contribution < 1.29 is 9.59 Å². The number of thiophene rings is 1. The molecule has 1 aromatic carbocycles. The van der Waals surface area contributed by atoms with Crippen LogP contribution in [0, 0.1) is 11.7 Å². The molecular formula is C20H18N6O2S3. The number of carbonyl (C=O) groups excluding carboxylic acids is 2. The molecule has 0 fully saturated rings. The van der Waals surface area contributed by atoms with Crippen molar-refractivity contribution in [1.82, 2.24) is 30.6 Å². The van der Waals surface area contributed by atoms with Gasteiger partial charge in [0.15, 0.2) is 10.6 Å². The Bertz CT molecular complexity index is 1260. The number of nitrogens with zero attached hydrogens (tertiary/aromatic N) is 3. The van der Waals surface area contributed by atoms with Crippen LogP contribution in [0.3, 0.4) is 0 Å². The van der Waals surface area contributed by atoms with E-state index in [0.717, 1.165) is 15.4 Å². The van der Waals surface area contributed by atoms with Crippen molar-refractivity contribution in [2.24, 2.45) is 0 Å². The van der Waals surface area contributed by atoms with Gasteiger partial charge in [-0.2, -0.15) is 5.10 Å². The zero-order valence-electron chi connectivity index (χ0n) is 16.4. The Balaban J connectivity index is 1.35. The minimum absolute atomic E-state index is 0.128. The van der Waals surface area contributed by atoms with Crippen LogP contribution in [0.1, 0.15) is 21.8 Å². The summed E-state index contributed by atoms with van der Waals surface area (Å²) in [4.78, 5) is 30.7. The minimum atomic E-state index is -0.398. The summed E-state index contributed by atoms with van der Waals surface area (Å²) < 4.78 is 2.20. The van der Waals surface area contributed by atoms with Gasteiger partial charge in [-0.1, -0.05) is 36.4 Å². The number of thiazole rings is 1. The van der Waals surface area contributed by atoms with Crippen LogP contribution in [-0.2, 0) is 11.3 Å². The third-order valence-electron chi connectivity index (χ3n) is 4.40. The van der Waals surface area contributed by atoms with Crippen molar-refractivity contribution in [1.29, 1.82) is 0 Å². The first-order chi connectivity index (χ1) is 15.0. The molecule has 2 amide bonds. The lowest BCUT2D eigenvalue weighted by molar-refractivity contribution is -0.122. The Labute approximate surface area is 191 Å². The molecular weight excluding hydrogens is 452 g/mol. The maximum atomic E-state index is 12.5. The standard InChI is InChI=1S/C20H18N6O2S3/c1-12-16(31-19(21-12)13-6-3-2-4-7-13)18(28)24-22-15(27)9-10-26-17(23-25-20(26)29)14-8-5-11-30-14/h2-8,11H,9-10H2,1H3,(H,22,27)(H,24,28)(H,25,29). The Morgan fingerprint density at radius 2 is 1.97 bits per heavy atom. The topological polar surface area (TPSA) is 105 Å².